The Labute approximate surface area is 201 Å². The van der Waals surface area contributed by atoms with Crippen molar-refractivity contribution < 1.29 is 4.42 Å². The Balaban J connectivity index is 0.00000272. The molecule has 0 unspecified atom stereocenters. The molecule has 0 bridgehead atoms. The maximum Gasteiger partial charge on any atom is 0.226 e. The van der Waals surface area contributed by atoms with Crippen molar-refractivity contribution in [3.63, 3.8) is 0 Å². The monoisotopic (exact) mass is 531 g/mol. The molecule has 2 heterocycles. The van der Waals surface area contributed by atoms with Gasteiger partial charge >= 0.3 is 0 Å². The van der Waals surface area contributed by atoms with Crippen LogP contribution in [0, 0.1) is 0 Å². The SMILES string of the molecule is CN=C(NCc1coc(-c2ccccc2)n1)NC1CCN(Cc2ccccc2)CC1.I. The molecule has 2 aromatic carbocycles. The molecule has 7 heteroatoms. The molecule has 1 aliphatic heterocycles. The van der Waals surface area contributed by atoms with Crippen molar-refractivity contribution in [3.05, 3.63) is 78.2 Å². The van der Waals surface area contributed by atoms with Gasteiger partial charge in [0.2, 0.25) is 5.89 Å². The predicted molar refractivity (Wildman–Crippen MR) is 135 cm³/mol. The first-order valence-corrected chi connectivity index (χ1v) is 10.5. The van der Waals surface area contributed by atoms with Crippen molar-refractivity contribution in [1.82, 2.24) is 20.5 Å². The fraction of sp³-hybridized carbons (Fsp3) is 0.333. The van der Waals surface area contributed by atoms with Gasteiger partial charge in [0.25, 0.3) is 0 Å². The van der Waals surface area contributed by atoms with Gasteiger partial charge in [-0.2, -0.15) is 0 Å². The summed E-state index contributed by atoms with van der Waals surface area (Å²) in [5, 5.41) is 6.90. The fourth-order valence-corrected chi connectivity index (χ4v) is 3.74. The largest absolute Gasteiger partial charge is 0.444 e. The molecule has 0 aliphatic carbocycles. The summed E-state index contributed by atoms with van der Waals surface area (Å²) in [6, 6.07) is 21.0. The maximum atomic E-state index is 5.61. The summed E-state index contributed by atoms with van der Waals surface area (Å²) >= 11 is 0. The number of guanidine groups is 1. The van der Waals surface area contributed by atoms with Gasteiger partial charge in [-0.25, -0.2) is 4.98 Å². The van der Waals surface area contributed by atoms with E-state index in [0.29, 0.717) is 18.5 Å². The van der Waals surface area contributed by atoms with Gasteiger partial charge in [-0.3, -0.25) is 9.89 Å². The normalized spacial score (nSPS) is 15.3. The molecule has 4 rings (SSSR count). The number of benzene rings is 2. The van der Waals surface area contributed by atoms with Gasteiger partial charge in [0.1, 0.15) is 6.26 Å². The lowest BCUT2D eigenvalue weighted by Gasteiger charge is -2.33. The van der Waals surface area contributed by atoms with Crippen LogP contribution in [0.1, 0.15) is 24.1 Å². The van der Waals surface area contributed by atoms with Crippen LogP contribution in [0.25, 0.3) is 11.5 Å². The number of nitrogens with zero attached hydrogens (tertiary/aromatic N) is 3. The number of oxazole rings is 1. The molecule has 0 saturated carbocycles. The van der Waals surface area contributed by atoms with Crippen LogP contribution in [-0.4, -0.2) is 42.0 Å². The molecule has 31 heavy (non-hydrogen) atoms. The lowest BCUT2D eigenvalue weighted by molar-refractivity contribution is 0.198. The fourth-order valence-electron chi connectivity index (χ4n) is 3.74. The van der Waals surface area contributed by atoms with E-state index in [2.05, 4.69) is 55.8 Å². The van der Waals surface area contributed by atoms with Crippen LogP contribution in [0.2, 0.25) is 0 Å². The van der Waals surface area contributed by atoms with Gasteiger partial charge in [-0.15, -0.1) is 24.0 Å². The van der Waals surface area contributed by atoms with E-state index in [1.165, 1.54) is 5.56 Å². The first-order chi connectivity index (χ1) is 14.8. The van der Waals surface area contributed by atoms with Gasteiger partial charge in [0, 0.05) is 38.3 Å². The van der Waals surface area contributed by atoms with Crippen LogP contribution in [-0.2, 0) is 13.1 Å². The molecule has 1 fully saturated rings. The average Bonchev–Trinajstić information content (AvgIpc) is 3.28. The minimum absolute atomic E-state index is 0. The van der Waals surface area contributed by atoms with E-state index < -0.39 is 0 Å². The van der Waals surface area contributed by atoms with Gasteiger partial charge in [0.05, 0.1) is 12.2 Å². The van der Waals surface area contributed by atoms with E-state index in [1.54, 1.807) is 13.3 Å². The third kappa shape index (κ3) is 6.80. The summed E-state index contributed by atoms with van der Waals surface area (Å²) in [7, 11) is 1.80. The van der Waals surface area contributed by atoms with Crippen molar-refractivity contribution in [3.8, 4) is 11.5 Å². The quantitative estimate of drug-likeness (QED) is 0.282. The number of aromatic nitrogens is 1. The average molecular weight is 531 g/mol. The number of nitrogens with one attached hydrogen (secondary N) is 2. The standard InChI is InChI=1S/C24H29N5O.HI/c1-25-24(26-16-22-18-30-23(27-22)20-10-6-3-7-11-20)28-21-12-14-29(15-13-21)17-19-8-4-2-5-9-19;/h2-11,18,21H,12-17H2,1H3,(H2,25,26,28);1H. The lowest BCUT2D eigenvalue weighted by atomic mass is 10.0. The van der Waals surface area contributed by atoms with E-state index in [4.69, 9.17) is 4.42 Å². The highest BCUT2D eigenvalue weighted by Gasteiger charge is 2.20. The molecule has 2 N–H and O–H groups in total. The zero-order chi connectivity index (χ0) is 20.6. The third-order valence-corrected chi connectivity index (χ3v) is 5.41. The van der Waals surface area contributed by atoms with Crippen LogP contribution >= 0.6 is 24.0 Å². The molecule has 0 radical (unpaired) electrons. The van der Waals surface area contributed by atoms with Crippen LogP contribution < -0.4 is 10.6 Å². The minimum atomic E-state index is 0. The van der Waals surface area contributed by atoms with Crippen molar-refractivity contribution in [2.75, 3.05) is 20.1 Å². The van der Waals surface area contributed by atoms with Gasteiger partial charge in [0.15, 0.2) is 5.96 Å². The Morgan fingerprint density at radius 2 is 1.74 bits per heavy atom. The predicted octanol–water partition coefficient (Wildman–Crippen LogP) is 4.29. The third-order valence-electron chi connectivity index (χ3n) is 5.41. The molecule has 3 aromatic rings. The Hall–Kier alpha value is -2.39. The Morgan fingerprint density at radius 1 is 1.06 bits per heavy atom. The van der Waals surface area contributed by atoms with Crippen LogP contribution in [0.5, 0.6) is 0 Å². The Bertz CT molecular complexity index is 937. The highest BCUT2D eigenvalue weighted by molar-refractivity contribution is 14.0. The van der Waals surface area contributed by atoms with E-state index in [0.717, 1.165) is 49.7 Å². The second kappa shape index (κ2) is 11.9. The molecule has 0 amide bonds. The first kappa shape index (κ1) is 23.3. The smallest absolute Gasteiger partial charge is 0.226 e. The van der Waals surface area contributed by atoms with Crippen molar-refractivity contribution >= 4 is 29.9 Å². The van der Waals surface area contributed by atoms with E-state index in [1.807, 2.05) is 30.3 Å². The van der Waals surface area contributed by atoms with Crippen LogP contribution in [0.4, 0.5) is 0 Å². The number of aliphatic imine (C=N–C) groups is 1. The molecular formula is C24H30IN5O. The number of halogens is 1. The summed E-state index contributed by atoms with van der Waals surface area (Å²) in [5.74, 6) is 1.45. The summed E-state index contributed by atoms with van der Waals surface area (Å²) < 4.78 is 5.61. The zero-order valence-corrected chi connectivity index (χ0v) is 20.2. The molecule has 1 saturated heterocycles. The maximum absolute atomic E-state index is 5.61. The second-order valence-electron chi connectivity index (χ2n) is 7.62. The lowest BCUT2D eigenvalue weighted by Crippen LogP contribution is -2.48. The van der Waals surface area contributed by atoms with Gasteiger partial charge < -0.3 is 15.1 Å². The molecule has 0 atom stereocenters. The number of hydrogen-bond acceptors (Lipinski definition) is 4. The van der Waals surface area contributed by atoms with Crippen molar-refractivity contribution in [1.29, 1.82) is 0 Å². The summed E-state index contributed by atoms with van der Waals surface area (Å²) in [6.45, 7) is 3.78. The van der Waals surface area contributed by atoms with Crippen LogP contribution in [0.3, 0.4) is 0 Å². The number of piperidine rings is 1. The van der Waals surface area contributed by atoms with E-state index in [-0.39, 0.29) is 24.0 Å². The van der Waals surface area contributed by atoms with Crippen molar-refractivity contribution in [2.24, 2.45) is 4.99 Å². The molecule has 164 valence electrons. The van der Waals surface area contributed by atoms with Crippen molar-refractivity contribution in [2.45, 2.75) is 32.0 Å². The summed E-state index contributed by atoms with van der Waals surface area (Å²) in [4.78, 5) is 11.5. The summed E-state index contributed by atoms with van der Waals surface area (Å²) in [6.07, 6.45) is 3.91. The minimum Gasteiger partial charge on any atom is -0.444 e. The number of rotatable bonds is 6. The Kier molecular flexibility index (Phi) is 8.90. The topological polar surface area (TPSA) is 65.7 Å². The highest BCUT2D eigenvalue weighted by Crippen LogP contribution is 2.18. The molecule has 1 aliphatic rings. The zero-order valence-electron chi connectivity index (χ0n) is 17.8. The van der Waals surface area contributed by atoms with Gasteiger partial charge in [-0.1, -0.05) is 48.5 Å². The molecule has 1 aromatic heterocycles. The number of likely N-dealkylation sites (tertiary alicyclic amines) is 1. The highest BCUT2D eigenvalue weighted by atomic mass is 127. The van der Waals surface area contributed by atoms with E-state index in [9.17, 15) is 0 Å². The Morgan fingerprint density at radius 3 is 2.42 bits per heavy atom. The number of hydrogen-bond donors (Lipinski definition) is 2. The van der Waals surface area contributed by atoms with E-state index >= 15 is 0 Å². The molecule has 6 nitrogen and oxygen atoms in total. The first-order valence-electron chi connectivity index (χ1n) is 10.5. The second-order valence-corrected chi connectivity index (χ2v) is 7.62. The van der Waals surface area contributed by atoms with Crippen LogP contribution in [0.15, 0.2) is 76.3 Å². The molecular weight excluding hydrogens is 501 g/mol. The van der Waals surface area contributed by atoms with Gasteiger partial charge in [-0.05, 0) is 30.5 Å². The summed E-state index contributed by atoms with van der Waals surface area (Å²) in [5.41, 5.74) is 3.21. The molecule has 0 spiro atoms.